The summed E-state index contributed by atoms with van der Waals surface area (Å²) < 4.78 is 5.18. The van der Waals surface area contributed by atoms with E-state index in [0.717, 1.165) is 21.5 Å². The summed E-state index contributed by atoms with van der Waals surface area (Å²) in [4.78, 5) is 52.7. The molecule has 146 valence electrons. The summed E-state index contributed by atoms with van der Waals surface area (Å²) in [7, 11) is 0. The predicted octanol–water partition coefficient (Wildman–Crippen LogP) is 3.17. The Kier molecular flexibility index (Phi) is 4.72. The molecule has 1 aromatic heterocycles. The molecule has 1 saturated heterocycles. The van der Waals surface area contributed by atoms with E-state index >= 15 is 0 Å². The van der Waals surface area contributed by atoms with Crippen LogP contribution in [0, 0.1) is 6.92 Å². The number of para-hydroxylation sites is 1. The summed E-state index contributed by atoms with van der Waals surface area (Å²) in [5.74, 6) is -1.46. The van der Waals surface area contributed by atoms with Crippen LogP contribution in [0.1, 0.15) is 39.3 Å². The lowest BCUT2D eigenvalue weighted by molar-refractivity contribution is -0.121. The minimum absolute atomic E-state index is 0.192. The molecule has 0 spiro atoms. The standard InChI is InChI=1S/C22H18N2O5/c1-13-21(16-4-2-3-5-17(16)23-13)18(25)12-29-22(28)14-6-8-15(9-7-14)24-19(26)10-11-20(24)27/h2-9,23H,10-12H2,1H3. The first-order chi connectivity index (χ1) is 14.0. The number of esters is 1. The van der Waals surface area contributed by atoms with Crippen LogP contribution in [0.3, 0.4) is 0 Å². The van der Waals surface area contributed by atoms with E-state index in [4.69, 9.17) is 4.74 Å². The second kappa shape index (κ2) is 7.35. The Morgan fingerprint density at radius 1 is 1.00 bits per heavy atom. The number of carbonyl (C=O) groups is 4. The number of aromatic nitrogens is 1. The van der Waals surface area contributed by atoms with Crippen LogP contribution in [0.25, 0.3) is 10.9 Å². The Morgan fingerprint density at radius 2 is 1.66 bits per heavy atom. The lowest BCUT2D eigenvalue weighted by Gasteiger charge is -2.14. The number of ether oxygens (including phenoxy) is 1. The van der Waals surface area contributed by atoms with Crippen LogP contribution in [-0.2, 0) is 14.3 Å². The maximum atomic E-state index is 12.6. The molecule has 3 aromatic rings. The van der Waals surface area contributed by atoms with Crippen LogP contribution in [0.5, 0.6) is 0 Å². The zero-order chi connectivity index (χ0) is 20.5. The number of benzene rings is 2. The van der Waals surface area contributed by atoms with Crippen molar-refractivity contribution in [3.05, 3.63) is 65.4 Å². The first-order valence-corrected chi connectivity index (χ1v) is 9.19. The fourth-order valence-electron chi connectivity index (χ4n) is 3.53. The molecule has 29 heavy (non-hydrogen) atoms. The van der Waals surface area contributed by atoms with Crippen molar-refractivity contribution >= 4 is 40.2 Å². The van der Waals surface area contributed by atoms with Crippen molar-refractivity contribution in [2.45, 2.75) is 19.8 Å². The van der Waals surface area contributed by atoms with Crippen molar-refractivity contribution < 1.29 is 23.9 Å². The van der Waals surface area contributed by atoms with E-state index in [1.165, 1.54) is 24.3 Å². The number of aromatic amines is 1. The van der Waals surface area contributed by atoms with E-state index in [1.807, 2.05) is 24.3 Å². The Morgan fingerprint density at radius 3 is 2.34 bits per heavy atom. The lowest BCUT2D eigenvalue weighted by Crippen LogP contribution is -2.28. The normalized spacial score (nSPS) is 13.9. The maximum Gasteiger partial charge on any atom is 0.338 e. The molecule has 1 aliphatic heterocycles. The van der Waals surface area contributed by atoms with E-state index in [9.17, 15) is 19.2 Å². The monoisotopic (exact) mass is 390 g/mol. The molecule has 7 nitrogen and oxygen atoms in total. The van der Waals surface area contributed by atoms with Gasteiger partial charge in [0.15, 0.2) is 6.61 Å². The van der Waals surface area contributed by atoms with Crippen LogP contribution in [0.2, 0.25) is 0 Å². The van der Waals surface area contributed by atoms with Crippen LogP contribution >= 0.6 is 0 Å². The number of carbonyl (C=O) groups excluding carboxylic acids is 4. The highest BCUT2D eigenvalue weighted by Gasteiger charge is 2.30. The van der Waals surface area contributed by atoms with Crippen LogP contribution in [-0.4, -0.2) is 35.2 Å². The van der Waals surface area contributed by atoms with Crippen LogP contribution in [0.15, 0.2) is 48.5 Å². The first kappa shape index (κ1) is 18.6. The molecule has 1 aliphatic rings. The number of nitrogens with zero attached hydrogens (tertiary/aromatic N) is 1. The van der Waals surface area contributed by atoms with Crippen molar-refractivity contribution in [3.8, 4) is 0 Å². The number of H-pyrrole nitrogens is 1. The Balaban J connectivity index is 1.44. The van der Waals surface area contributed by atoms with Crippen LogP contribution < -0.4 is 4.90 Å². The molecule has 2 amide bonds. The zero-order valence-corrected chi connectivity index (χ0v) is 15.7. The highest BCUT2D eigenvalue weighted by Crippen LogP contribution is 2.24. The van der Waals surface area contributed by atoms with E-state index in [-0.39, 0.29) is 42.6 Å². The number of hydrogen-bond donors (Lipinski definition) is 1. The van der Waals surface area contributed by atoms with Crippen molar-refractivity contribution in [3.63, 3.8) is 0 Å². The number of Topliss-reactive ketones (excluding diaryl/α,β-unsaturated/α-hetero) is 1. The summed E-state index contributed by atoms with van der Waals surface area (Å²) in [5, 5.41) is 0.787. The first-order valence-electron chi connectivity index (χ1n) is 9.19. The molecule has 0 radical (unpaired) electrons. The quantitative estimate of drug-likeness (QED) is 0.410. The van der Waals surface area contributed by atoms with Crippen molar-refractivity contribution in [1.82, 2.24) is 4.98 Å². The average Bonchev–Trinajstić information content (AvgIpc) is 3.23. The van der Waals surface area contributed by atoms with E-state index in [1.54, 1.807) is 6.92 Å². The summed E-state index contributed by atoms with van der Waals surface area (Å²) in [6, 6.07) is 13.4. The van der Waals surface area contributed by atoms with Gasteiger partial charge in [-0.2, -0.15) is 0 Å². The third-order valence-corrected chi connectivity index (χ3v) is 4.92. The molecule has 2 aromatic carbocycles. The van der Waals surface area contributed by atoms with Gasteiger partial charge in [-0.3, -0.25) is 19.3 Å². The summed E-state index contributed by atoms with van der Waals surface area (Å²) in [5.41, 5.74) is 2.73. The van der Waals surface area contributed by atoms with Gasteiger partial charge in [-0.1, -0.05) is 18.2 Å². The molecule has 0 unspecified atom stereocenters. The number of nitrogens with one attached hydrogen (secondary N) is 1. The highest BCUT2D eigenvalue weighted by atomic mass is 16.5. The second-order valence-electron chi connectivity index (χ2n) is 6.84. The van der Waals surface area contributed by atoms with E-state index in [2.05, 4.69) is 4.98 Å². The van der Waals surface area contributed by atoms with Gasteiger partial charge >= 0.3 is 5.97 Å². The number of ketones is 1. The number of anilines is 1. The lowest BCUT2D eigenvalue weighted by atomic mass is 10.1. The third kappa shape index (κ3) is 3.42. The number of aryl methyl sites for hydroxylation is 1. The van der Waals surface area contributed by atoms with Gasteiger partial charge in [-0.05, 0) is 37.3 Å². The minimum Gasteiger partial charge on any atom is -0.454 e. The van der Waals surface area contributed by atoms with Crippen LogP contribution in [0.4, 0.5) is 5.69 Å². The maximum absolute atomic E-state index is 12.6. The SMILES string of the molecule is Cc1[nH]c2ccccc2c1C(=O)COC(=O)c1ccc(N2C(=O)CCC2=O)cc1. The number of hydrogen-bond acceptors (Lipinski definition) is 5. The number of amides is 2. The van der Waals surface area contributed by atoms with E-state index in [0.29, 0.717) is 11.3 Å². The molecule has 1 fully saturated rings. The van der Waals surface area contributed by atoms with Gasteiger partial charge in [0.25, 0.3) is 0 Å². The molecule has 0 saturated carbocycles. The topological polar surface area (TPSA) is 96.5 Å². The largest absolute Gasteiger partial charge is 0.454 e. The highest BCUT2D eigenvalue weighted by molar-refractivity contribution is 6.19. The average molecular weight is 390 g/mol. The molecule has 0 aliphatic carbocycles. The second-order valence-corrected chi connectivity index (χ2v) is 6.84. The van der Waals surface area contributed by atoms with Crippen molar-refractivity contribution in [2.75, 3.05) is 11.5 Å². The van der Waals surface area contributed by atoms with Crippen molar-refractivity contribution in [1.29, 1.82) is 0 Å². The van der Waals surface area contributed by atoms with Gasteiger partial charge in [0.1, 0.15) is 0 Å². The predicted molar refractivity (Wildman–Crippen MR) is 106 cm³/mol. The molecule has 2 heterocycles. The number of rotatable bonds is 5. The molecule has 7 heteroatoms. The van der Waals surface area contributed by atoms with Crippen molar-refractivity contribution in [2.24, 2.45) is 0 Å². The Labute approximate surface area is 166 Å². The minimum atomic E-state index is -0.651. The van der Waals surface area contributed by atoms with Gasteiger partial charge in [-0.15, -0.1) is 0 Å². The fraction of sp³-hybridized carbons (Fsp3) is 0.182. The zero-order valence-electron chi connectivity index (χ0n) is 15.7. The fourth-order valence-corrected chi connectivity index (χ4v) is 3.53. The van der Waals surface area contributed by atoms with Gasteiger partial charge in [0.05, 0.1) is 11.3 Å². The molecule has 1 N–H and O–H groups in total. The molecule has 4 rings (SSSR count). The number of fused-ring (bicyclic) bond motifs is 1. The Hall–Kier alpha value is -3.74. The summed E-state index contributed by atoms with van der Waals surface area (Å²) in [6.45, 7) is 1.42. The summed E-state index contributed by atoms with van der Waals surface area (Å²) >= 11 is 0. The van der Waals surface area contributed by atoms with E-state index < -0.39 is 5.97 Å². The van der Waals surface area contributed by atoms with Gasteiger partial charge in [0, 0.05) is 35.0 Å². The smallest absolute Gasteiger partial charge is 0.338 e. The Bertz CT molecular complexity index is 1130. The molecule has 0 atom stereocenters. The molecular formula is C22H18N2O5. The molecular weight excluding hydrogens is 372 g/mol. The third-order valence-electron chi connectivity index (χ3n) is 4.92. The van der Waals surface area contributed by atoms with Gasteiger partial charge in [0.2, 0.25) is 17.6 Å². The van der Waals surface area contributed by atoms with Gasteiger partial charge < -0.3 is 9.72 Å². The molecule has 0 bridgehead atoms. The van der Waals surface area contributed by atoms with Gasteiger partial charge in [-0.25, -0.2) is 4.79 Å². The number of imide groups is 1. The summed E-state index contributed by atoms with van der Waals surface area (Å²) in [6.07, 6.45) is 0.385.